The van der Waals surface area contributed by atoms with Crippen LogP contribution >= 0.6 is 11.8 Å². The predicted molar refractivity (Wildman–Crippen MR) is 79.8 cm³/mol. The van der Waals surface area contributed by atoms with Gasteiger partial charge in [0.15, 0.2) is 15.7 Å². The molecule has 23 heavy (non-hydrogen) atoms. The van der Waals surface area contributed by atoms with Crippen LogP contribution in [-0.2, 0) is 9.84 Å². The van der Waals surface area contributed by atoms with Gasteiger partial charge >= 0.3 is 6.18 Å². The minimum Gasteiger partial charge on any atom is -0.252 e. The summed E-state index contributed by atoms with van der Waals surface area (Å²) in [5.41, 5.74) is 0.0849. The highest BCUT2D eigenvalue weighted by Crippen LogP contribution is 2.28. The third-order valence-electron chi connectivity index (χ3n) is 2.73. The number of aromatic nitrogens is 3. The number of sulfone groups is 1. The minimum atomic E-state index is -4.29. The predicted octanol–water partition coefficient (Wildman–Crippen LogP) is 2.99. The van der Waals surface area contributed by atoms with Crippen LogP contribution < -0.4 is 0 Å². The van der Waals surface area contributed by atoms with Gasteiger partial charge in [0.05, 0.1) is 16.4 Å². The van der Waals surface area contributed by atoms with Crippen LogP contribution in [0, 0.1) is 0 Å². The van der Waals surface area contributed by atoms with Crippen LogP contribution in [0.4, 0.5) is 13.2 Å². The van der Waals surface area contributed by atoms with Crippen molar-refractivity contribution in [3.63, 3.8) is 0 Å². The van der Waals surface area contributed by atoms with Gasteiger partial charge in [-0.25, -0.2) is 18.4 Å². The number of rotatable bonds is 5. The van der Waals surface area contributed by atoms with Crippen LogP contribution in [0.3, 0.4) is 0 Å². The van der Waals surface area contributed by atoms with Gasteiger partial charge in [-0.3, -0.25) is 4.98 Å². The molecule has 0 aromatic carbocycles. The van der Waals surface area contributed by atoms with Gasteiger partial charge in [0.2, 0.25) is 0 Å². The maximum atomic E-state index is 12.2. The summed E-state index contributed by atoms with van der Waals surface area (Å²) in [5.74, 6) is -1.10. The molecular weight excluding hydrogens is 351 g/mol. The Labute approximate surface area is 135 Å². The molecule has 2 aromatic rings. The van der Waals surface area contributed by atoms with E-state index in [1.165, 1.54) is 37.6 Å². The highest BCUT2D eigenvalue weighted by atomic mass is 32.2. The molecule has 0 unspecified atom stereocenters. The van der Waals surface area contributed by atoms with E-state index in [0.29, 0.717) is 11.8 Å². The summed E-state index contributed by atoms with van der Waals surface area (Å²) in [4.78, 5) is 12.1. The number of hydrogen-bond acceptors (Lipinski definition) is 6. The van der Waals surface area contributed by atoms with Crippen LogP contribution in [0.15, 0.2) is 40.5 Å². The van der Waals surface area contributed by atoms with Gasteiger partial charge in [-0.15, -0.1) is 11.8 Å². The summed E-state index contributed by atoms with van der Waals surface area (Å²) in [6.07, 6.45) is -0.447. The van der Waals surface area contributed by atoms with E-state index in [9.17, 15) is 21.6 Å². The third kappa shape index (κ3) is 4.64. The van der Waals surface area contributed by atoms with E-state index >= 15 is 0 Å². The van der Waals surface area contributed by atoms with Gasteiger partial charge in [-0.05, 0) is 12.1 Å². The third-order valence-corrected chi connectivity index (χ3v) is 5.50. The average molecular weight is 363 g/mol. The van der Waals surface area contributed by atoms with Crippen molar-refractivity contribution in [2.75, 3.05) is 11.5 Å². The molecular formula is C13H12F3N3O2S2. The van der Waals surface area contributed by atoms with E-state index < -0.39 is 21.8 Å². The summed E-state index contributed by atoms with van der Waals surface area (Å²) in [6.45, 7) is 1.50. The van der Waals surface area contributed by atoms with E-state index in [2.05, 4.69) is 15.0 Å². The molecule has 0 N–H and O–H groups in total. The van der Waals surface area contributed by atoms with E-state index in [1.807, 2.05) is 0 Å². The Morgan fingerprint density at radius 3 is 2.39 bits per heavy atom. The molecule has 0 bridgehead atoms. The molecule has 0 saturated carbocycles. The Bertz CT molecular complexity index is 778. The van der Waals surface area contributed by atoms with Gasteiger partial charge in [-0.1, -0.05) is 6.92 Å². The summed E-state index contributed by atoms with van der Waals surface area (Å²) >= 11 is 0.557. The number of thioether (sulfide) groups is 1. The Balaban J connectivity index is 2.31. The Hall–Kier alpha value is -1.68. The Morgan fingerprint density at radius 2 is 1.83 bits per heavy atom. The van der Waals surface area contributed by atoms with Gasteiger partial charge in [0.1, 0.15) is 5.69 Å². The summed E-state index contributed by atoms with van der Waals surface area (Å²) in [7, 11) is -3.51. The molecule has 2 aromatic heterocycles. The van der Waals surface area contributed by atoms with Crippen molar-refractivity contribution in [3.8, 4) is 11.5 Å². The zero-order valence-electron chi connectivity index (χ0n) is 11.9. The van der Waals surface area contributed by atoms with Crippen molar-refractivity contribution >= 4 is 21.6 Å². The molecule has 124 valence electrons. The lowest BCUT2D eigenvalue weighted by molar-refractivity contribution is -0.105. The number of halogens is 3. The summed E-state index contributed by atoms with van der Waals surface area (Å²) in [5, 5.41) is 0. The van der Waals surface area contributed by atoms with E-state index in [1.54, 1.807) is 0 Å². The zero-order valence-corrected chi connectivity index (χ0v) is 13.5. The first kappa shape index (κ1) is 17.7. The van der Waals surface area contributed by atoms with E-state index in [4.69, 9.17) is 0 Å². The topological polar surface area (TPSA) is 72.8 Å². The summed E-state index contributed by atoms with van der Waals surface area (Å²) in [6, 6.07) is 2.89. The first-order valence-electron chi connectivity index (χ1n) is 6.42. The fraction of sp³-hybridized carbons (Fsp3) is 0.308. The Kier molecular flexibility index (Phi) is 5.25. The van der Waals surface area contributed by atoms with Crippen molar-refractivity contribution in [2.24, 2.45) is 0 Å². The number of hydrogen-bond donors (Lipinski definition) is 0. The molecule has 2 heterocycles. The Morgan fingerprint density at radius 1 is 1.17 bits per heavy atom. The van der Waals surface area contributed by atoms with E-state index in [-0.39, 0.29) is 27.1 Å². The normalized spacial score (nSPS) is 12.3. The first-order valence-corrected chi connectivity index (χ1v) is 9.06. The van der Waals surface area contributed by atoms with Crippen molar-refractivity contribution < 1.29 is 21.6 Å². The maximum Gasteiger partial charge on any atom is 0.398 e. The monoisotopic (exact) mass is 363 g/mol. The van der Waals surface area contributed by atoms with Crippen molar-refractivity contribution in [2.45, 2.75) is 22.9 Å². The lowest BCUT2D eigenvalue weighted by atomic mass is 10.3. The van der Waals surface area contributed by atoms with Gasteiger partial charge < -0.3 is 0 Å². The van der Waals surface area contributed by atoms with Crippen LogP contribution in [0.1, 0.15) is 6.92 Å². The first-order chi connectivity index (χ1) is 10.7. The quantitative estimate of drug-likeness (QED) is 0.761. The van der Waals surface area contributed by atoms with Crippen LogP contribution in [-0.4, -0.2) is 41.1 Å². The SMILES string of the molecule is CCS(=O)(=O)c1cccnc1-c1ncc(SCC(F)(F)F)cn1. The number of nitrogens with zero attached hydrogens (tertiary/aromatic N) is 3. The molecule has 10 heteroatoms. The molecule has 0 spiro atoms. The lowest BCUT2D eigenvalue weighted by Crippen LogP contribution is -2.10. The lowest BCUT2D eigenvalue weighted by Gasteiger charge is -2.08. The molecule has 0 fully saturated rings. The highest BCUT2D eigenvalue weighted by molar-refractivity contribution is 7.99. The molecule has 0 saturated heterocycles. The van der Waals surface area contributed by atoms with Crippen molar-refractivity contribution in [1.29, 1.82) is 0 Å². The standard InChI is InChI=1S/C13H12F3N3O2S2/c1-2-23(20,21)10-4-3-5-17-11(10)12-18-6-9(7-19-12)22-8-13(14,15)16/h3-7H,2,8H2,1H3. The molecule has 0 atom stereocenters. The molecule has 0 amide bonds. The largest absolute Gasteiger partial charge is 0.398 e. The maximum absolute atomic E-state index is 12.2. The smallest absolute Gasteiger partial charge is 0.252 e. The fourth-order valence-electron chi connectivity index (χ4n) is 1.64. The van der Waals surface area contributed by atoms with Crippen molar-refractivity contribution in [1.82, 2.24) is 15.0 Å². The molecule has 0 aliphatic heterocycles. The number of alkyl halides is 3. The molecule has 0 aliphatic carbocycles. The second kappa shape index (κ2) is 6.83. The molecule has 5 nitrogen and oxygen atoms in total. The molecule has 2 rings (SSSR count). The number of pyridine rings is 1. The van der Waals surface area contributed by atoms with Crippen LogP contribution in [0.2, 0.25) is 0 Å². The van der Waals surface area contributed by atoms with E-state index in [0.717, 1.165) is 0 Å². The second-order valence-electron chi connectivity index (χ2n) is 4.40. The molecule has 0 radical (unpaired) electrons. The zero-order chi connectivity index (χ0) is 17.1. The van der Waals surface area contributed by atoms with Crippen LogP contribution in [0.5, 0.6) is 0 Å². The fourth-order valence-corrected chi connectivity index (χ4v) is 3.26. The molecule has 0 aliphatic rings. The summed E-state index contributed by atoms with van der Waals surface area (Å²) < 4.78 is 60.6. The van der Waals surface area contributed by atoms with Crippen LogP contribution in [0.25, 0.3) is 11.5 Å². The highest BCUT2D eigenvalue weighted by Gasteiger charge is 2.27. The second-order valence-corrected chi connectivity index (χ2v) is 7.70. The average Bonchev–Trinajstić information content (AvgIpc) is 2.53. The van der Waals surface area contributed by atoms with Gasteiger partial charge in [-0.2, -0.15) is 13.2 Å². The van der Waals surface area contributed by atoms with Crippen molar-refractivity contribution in [3.05, 3.63) is 30.7 Å². The van der Waals surface area contributed by atoms with Gasteiger partial charge in [0, 0.05) is 23.5 Å². The van der Waals surface area contributed by atoms with Gasteiger partial charge in [0.25, 0.3) is 0 Å². The minimum absolute atomic E-state index is 0.00167.